The van der Waals surface area contributed by atoms with Gasteiger partial charge in [-0.25, -0.2) is 0 Å². The van der Waals surface area contributed by atoms with Crippen LogP contribution in [-0.2, 0) is 14.9 Å². The average molecular weight is 341 g/mol. The number of hydrogen-bond acceptors (Lipinski definition) is 3. The van der Waals surface area contributed by atoms with Crippen LogP contribution in [0.3, 0.4) is 0 Å². The van der Waals surface area contributed by atoms with Crippen molar-refractivity contribution in [1.82, 2.24) is 9.03 Å². The number of piperidine rings is 1. The van der Waals surface area contributed by atoms with Crippen LogP contribution in [0.2, 0.25) is 0 Å². The summed E-state index contributed by atoms with van der Waals surface area (Å²) in [6, 6.07) is 0. The molecule has 1 N–H and O–H groups in total. The van der Waals surface area contributed by atoms with E-state index in [1.165, 1.54) is 0 Å². The molecule has 2 heterocycles. The minimum Gasteiger partial charge on any atom is -0.381 e. The summed E-state index contributed by atoms with van der Waals surface area (Å²) in [5, 5.41) is 0.635. The van der Waals surface area contributed by atoms with E-state index >= 15 is 0 Å². The molecule has 0 saturated carbocycles. The van der Waals surface area contributed by atoms with E-state index in [2.05, 4.69) is 20.7 Å². The zero-order chi connectivity index (χ0) is 13.1. The van der Waals surface area contributed by atoms with Crippen LogP contribution in [0.15, 0.2) is 0 Å². The third kappa shape index (κ3) is 3.45. The summed E-state index contributed by atoms with van der Waals surface area (Å²) in [6.07, 6.45) is 4.51. The number of halogens is 1. The smallest absolute Gasteiger partial charge is 0.279 e. The summed E-state index contributed by atoms with van der Waals surface area (Å²) < 4.78 is 34.5. The maximum absolute atomic E-state index is 12.4. The van der Waals surface area contributed by atoms with E-state index in [1.54, 1.807) is 4.31 Å². The van der Waals surface area contributed by atoms with Crippen molar-refractivity contribution in [2.45, 2.75) is 37.6 Å². The van der Waals surface area contributed by atoms with Gasteiger partial charge in [0.15, 0.2) is 0 Å². The second-order valence-corrected chi connectivity index (χ2v) is 7.32. The summed E-state index contributed by atoms with van der Waals surface area (Å²) in [5.41, 5.74) is -0.380. The molecule has 0 unspecified atom stereocenters. The Morgan fingerprint density at radius 3 is 2.33 bits per heavy atom. The van der Waals surface area contributed by atoms with Gasteiger partial charge in [-0.1, -0.05) is 22.4 Å². The first-order valence-electron chi connectivity index (χ1n) is 6.51. The fourth-order valence-electron chi connectivity index (χ4n) is 2.47. The highest BCUT2D eigenvalue weighted by Crippen LogP contribution is 2.25. The van der Waals surface area contributed by atoms with Crippen molar-refractivity contribution >= 4 is 26.1 Å². The Morgan fingerprint density at radius 2 is 1.78 bits per heavy atom. The molecule has 2 fully saturated rings. The van der Waals surface area contributed by atoms with Gasteiger partial charge in [0.2, 0.25) is 0 Å². The molecule has 2 rings (SSSR count). The first kappa shape index (κ1) is 14.7. The van der Waals surface area contributed by atoms with Crippen molar-refractivity contribution in [3.05, 3.63) is 0 Å². The van der Waals surface area contributed by atoms with E-state index in [1.807, 2.05) is 0 Å². The largest absolute Gasteiger partial charge is 0.381 e. The molecule has 0 amide bonds. The van der Waals surface area contributed by atoms with Crippen molar-refractivity contribution in [2.24, 2.45) is 0 Å². The highest BCUT2D eigenvalue weighted by molar-refractivity contribution is 9.09. The van der Waals surface area contributed by atoms with E-state index in [-0.39, 0.29) is 5.54 Å². The third-order valence-electron chi connectivity index (χ3n) is 3.71. The molecule has 0 aromatic heterocycles. The molecule has 0 aromatic rings. The molecule has 2 aliphatic heterocycles. The van der Waals surface area contributed by atoms with Crippen LogP contribution in [-0.4, -0.2) is 49.9 Å². The Balaban J connectivity index is 2.05. The molecule has 0 aliphatic carbocycles. The van der Waals surface area contributed by atoms with Gasteiger partial charge < -0.3 is 4.74 Å². The van der Waals surface area contributed by atoms with Gasteiger partial charge in [0.25, 0.3) is 10.2 Å². The molecule has 106 valence electrons. The summed E-state index contributed by atoms with van der Waals surface area (Å²) in [5.74, 6) is 0. The molecule has 0 spiro atoms. The lowest BCUT2D eigenvalue weighted by molar-refractivity contribution is 0.0550. The van der Waals surface area contributed by atoms with E-state index in [4.69, 9.17) is 4.74 Å². The predicted octanol–water partition coefficient (Wildman–Crippen LogP) is 1.25. The van der Waals surface area contributed by atoms with Crippen molar-refractivity contribution < 1.29 is 13.2 Å². The first-order valence-corrected chi connectivity index (χ1v) is 9.07. The van der Waals surface area contributed by atoms with Crippen LogP contribution >= 0.6 is 15.9 Å². The minimum absolute atomic E-state index is 0.380. The Hall–Kier alpha value is 0.310. The number of nitrogens with one attached hydrogen (secondary N) is 1. The molecular formula is C11H21BrN2O3S. The zero-order valence-electron chi connectivity index (χ0n) is 10.5. The van der Waals surface area contributed by atoms with Gasteiger partial charge in [-0.15, -0.1) is 0 Å². The number of alkyl halides is 1. The summed E-state index contributed by atoms with van der Waals surface area (Å²) in [6.45, 7) is 2.52. The summed E-state index contributed by atoms with van der Waals surface area (Å²) in [4.78, 5) is 0. The van der Waals surface area contributed by atoms with Crippen LogP contribution < -0.4 is 4.72 Å². The van der Waals surface area contributed by atoms with Crippen LogP contribution in [0.1, 0.15) is 32.1 Å². The van der Waals surface area contributed by atoms with Gasteiger partial charge in [-0.3, -0.25) is 0 Å². The lowest BCUT2D eigenvalue weighted by atomic mass is 9.94. The van der Waals surface area contributed by atoms with Crippen LogP contribution in [0.5, 0.6) is 0 Å². The second-order valence-electron chi connectivity index (χ2n) is 5.09. The van der Waals surface area contributed by atoms with Crippen molar-refractivity contribution in [2.75, 3.05) is 31.6 Å². The maximum atomic E-state index is 12.4. The fraction of sp³-hybridized carbons (Fsp3) is 1.00. The van der Waals surface area contributed by atoms with E-state index < -0.39 is 10.2 Å². The van der Waals surface area contributed by atoms with Crippen LogP contribution in [0, 0.1) is 0 Å². The SMILES string of the molecule is O=S(=O)(NC1(CBr)CCOCC1)N1CCCCC1. The molecule has 0 radical (unpaired) electrons. The molecule has 2 saturated heterocycles. The predicted molar refractivity (Wildman–Crippen MR) is 74.1 cm³/mol. The van der Waals surface area contributed by atoms with Gasteiger partial charge in [-0.05, 0) is 25.7 Å². The van der Waals surface area contributed by atoms with Gasteiger partial charge in [-0.2, -0.15) is 17.4 Å². The van der Waals surface area contributed by atoms with Gasteiger partial charge in [0.1, 0.15) is 0 Å². The molecule has 5 nitrogen and oxygen atoms in total. The molecule has 18 heavy (non-hydrogen) atoms. The third-order valence-corrected chi connectivity index (χ3v) is 6.52. The molecule has 2 aliphatic rings. The first-order chi connectivity index (χ1) is 8.58. The lowest BCUT2D eigenvalue weighted by Gasteiger charge is -2.38. The van der Waals surface area contributed by atoms with Gasteiger partial charge >= 0.3 is 0 Å². The molecule has 0 aromatic carbocycles. The van der Waals surface area contributed by atoms with Crippen molar-refractivity contribution in [1.29, 1.82) is 0 Å². The number of rotatable bonds is 4. The summed E-state index contributed by atoms with van der Waals surface area (Å²) in [7, 11) is -3.36. The second kappa shape index (κ2) is 6.17. The fourth-order valence-corrected chi connectivity index (χ4v) is 5.05. The minimum atomic E-state index is -3.36. The van der Waals surface area contributed by atoms with E-state index in [0.717, 1.165) is 32.1 Å². The normalized spacial score (nSPS) is 26.1. The average Bonchev–Trinajstić information content (AvgIpc) is 2.40. The van der Waals surface area contributed by atoms with E-state index in [9.17, 15) is 8.42 Å². The Kier molecular flexibility index (Phi) is 5.05. The molecule has 0 bridgehead atoms. The standard InChI is InChI=1S/C11H21BrN2O3S/c12-10-11(4-8-17-9-5-11)13-18(15,16)14-6-2-1-3-7-14/h13H,1-10H2. The quantitative estimate of drug-likeness (QED) is 0.783. The monoisotopic (exact) mass is 340 g/mol. The van der Waals surface area contributed by atoms with Crippen LogP contribution in [0.4, 0.5) is 0 Å². The Bertz CT molecular complexity index is 362. The zero-order valence-corrected chi connectivity index (χ0v) is 12.9. The van der Waals surface area contributed by atoms with Crippen molar-refractivity contribution in [3.8, 4) is 0 Å². The van der Waals surface area contributed by atoms with E-state index in [0.29, 0.717) is 31.6 Å². The Morgan fingerprint density at radius 1 is 1.17 bits per heavy atom. The highest BCUT2D eigenvalue weighted by atomic mass is 79.9. The molecule has 0 atom stereocenters. The van der Waals surface area contributed by atoms with Gasteiger partial charge in [0, 0.05) is 37.2 Å². The number of hydrogen-bond donors (Lipinski definition) is 1. The highest BCUT2D eigenvalue weighted by Gasteiger charge is 2.37. The lowest BCUT2D eigenvalue weighted by Crippen LogP contribution is -2.57. The number of nitrogens with zero attached hydrogens (tertiary/aromatic N) is 1. The van der Waals surface area contributed by atoms with Gasteiger partial charge in [0.05, 0.1) is 0 Å². The molecular weight excluding hydrogens is 320 g/mol. The number of ether oxygens (including phenoxy) is 1. The maximum Gasteiger partial charge on any atom is 0.279 e. The van der Waals surface area contributed by atoms with Crippen LogP contribution in [0.25, 0.3) is 0 Å². The molecule has 7 heteroatoms. The van der Waals surface area contributed by atoms with Crippen molar-refractivity contribution in [3.63, 3.8) is 0 Å². The Labute approximate surface area is 118 Å². The topological polar surface area (TPSA) is 58.6 Å². The summed E-state index contributed by atoms with van der Waals surface area (Å²) >= 11 is 3.44.